The Labute approximate surface area is 174 Å². The van der Waals surface area contributed by atoms with Gasteiger partial charge < -0.3 is 19.9 Å². The lowest BCUT2D eigenvalue weighted by molar-refractivity contribution is -0.126. The number of likely N-dealkylation sites (tertiary alicyclic amines) is 1. The number of carbonyl (C=O) groups is 2. The molecule has 29 heavy (non-hydrogen) atoms. The minimum Gasteiger partial charge on any atom is -0.492 e. The van der Waals surface area contributed by atoms with Crippen molar-refractivity contribution >= 4 is 17.5 Å². The molecule has 1 aromatic carbocycles. The lowest BCUT2D eigenvalue weighted by Crippen LogP contribution is -2.38. The zero-order chi connectivity index (χ0) is 20.6. The average molecular weight is 402 g/mol. The predicted molar refractivity (Wildman–Crippen MR) is 115 cm³/mol. The van der Waals surface area contributed by atoms with E-state index in [-0.39, 0.29) is 24.2 Å². The normalized spacial score (nSPS) is 22.7. The molecule has 0 radical (unpaired) electrons. The molecule has 0 aromatic heterocycles. The Morgan fingerprint density at radius 1 is 1.24 bits per heavy atom. The van der Waals surface area contributed by atoms with E-state index in [0.717, 1.165) is 25.1 Å². The molecule has 2 fully saturated rings. The Morgan fingerprint density at radius 2 is 2.07 bits per heavy atom. The van der Waals surface area contributed by atoms with Crippen molar-refractivity contribution < 1.29 is 14.3 Å². The lowest BCUT2D eigenvalue weighted by atomic mass is 10.0. The first-order chi connectivity index (χ1) is 14.1. The number of rotatable bonds is 9. The fourth-order valence-corrected chi connectivity index (χ4v) is 4.36. The third-order valence-corrected chi connectivity index (χ3v) is 6.06. The van der Waals surface area contributed by atoms with Crippen LogP contribution in [0.15, 0.2) is 24.3 Å². The highest BCUT2D eigenvalue weighted by Crippen LogP contribution is 2.33. The maximum atomic E-state index is 12.6. The van der Waals surface area contributed by atoms with Crippen LogP contribution in [0.2, 0.25) is 0 Å². The second-order valence-corrected chi connectivity index (χ2v) is 8.19. The minimum absolute atomic E-state index is 0.0129. The van der Waals surface area contributed by atoms with Crippen LogP contribution in [0.1, 0.15) is 52.4 Å². The molecular formula is C23H35N3O3. The van der Waals surface area contributed by atoms with E-state index in [2.05, 4.69) is 17.1 Å². The molecule has 2 amide bonds. The topological polar surface area (TPSA) is 61.9 Å². The summed E-state index contributed by atoms with van der Waals surface area (Å²) < 4.78 is 5.64. The van der Waals surface area contributed by atoms with E-state index in [1.165, 1.54) is 25.8 Å². The van der Waals surface area contributed by atoms with Crippen LogP contribution in [-0.4, -0.2) is 55.5 Å². The SMILES string of the molecule is CCOc1ccccc1N1CC(C(=O)NCCCCN2CCCCC2C)CC1=O. The standard InChI is InChI=1S/C23H35N3O3/c1-3-29-21-12-5-4-11-20(21)26-17-19(16-22(26)27)23(28)24-13-7-9-15-25-14-8-6-10-18(25)2/h4-5,11-12,18-19H,3,6-10,13-17H2,1-2H3,(H,24,28). The molecule has 0 spiro atoms. The Hall–Kier alpha value is -2.08. The van der Waals surface area contributed by atoms with E-state index >= 15 is 0 Å². The maximum absolute atomic E-state index is 12.6. The summed E-state index contributed by atoms with van der Waals surface area (Å²) in [5.41, 5.74) is 0.755. The van der Waals surface area contributed by atoms with Crippen LogP contribution in [0.5, 0.6) is 5.75 Å². The summed E-state index contributed by atoms with van der Waals surface area (Å²) in [5.74, 6) is 0.369. The molecule has 0 bridgehead atoms. The van der Waals surface area contributed by atoms with E-state index in [0.29, 0.717) is 31.5 Å². The van der Waals surface area contributed by atoms with E-state index < -0.39 is 0 Å². The van der Waals surface area contributed by atoms with Gasteiger partial charge in [0.2, 0.25) is 11.8 Å². The molecule has 2 aliphatic heterocycles. The van der Waals surface area contributed by atoms with Gasteiger partial charge in [0.25, 0.3) is 0 Å². The van der Waals surface area contributed by atoms with Crippen molar-refractivity contribution in [2.75, 3.05) is 37.7 Å². The van der Waals surface area contributed by atoms with Crippen LogP contribution < -0.4 is 15.0 Å². The zero-order valence-corrected chi connectivity index (χ0v) is 17.9. The van der Waals surface area contributed by atoms with Crippen molar-refractivity contribution in [1.82, 2.24) is 10.2 Å². The number of ether oxygens (including phenoxy) is 1. The highest BCUT2D eigenvalue weighted by Gasteiger charge is 2.36. The second kappa shape index (κ2) is 10.6. The number of hydrogen-bond acceptors (Lipinski definition) is 4. The number of piperidine rings is 1. The first-order valence-electron chi connectivity index (χ1n) is 11.1. The van der Waals surface area contributed by atoms with Gasteiger partial charge in [-0.3, -0.25) is 9.59 Å². The monoisotopic (exact) mass is 401 g/mol. The zero-order valence-electron chi connectivity index (χ0n) is 17.9. The molecule has 0 aliphatic carbocycles. The molecule has 6 nitrogen and oxygen atoms in total. The van der Waals surface area contributed by atoms with Gasteiger partial charge >= 0.3 is 0 Å². The fraction of sp³-hybridized carbons (Fsp3) is 0.652. The van der Waals surface area contributed by atoms with Gasteiger partial charge in [-0.15, -0.1) is 0 Å². The van der Waals surface area contributed by atoms with Crippen molar-refractivity contribution in [3.8, 4) is 5.75 Å². The van der Waals surface area contributed by atoms with Gasteiger partial charge in [0.1, 0.15) is 5.75 Å². The van der Waals surface area contributed by atoms with Gasteiger partial charge in [0.15, 0.2) is 0 Å². The molecule has 1 N–H and O–H groups in total. The van der Waals surface area contributed by atoms with E-state index in [9.17, 15) is 9.59 Å². The van der Waals surface area contributed by atoms with Crippen LogP contribution >= 0.6 is 0 Å². The summed E-state index contributed by atoms with van der Waals surface area (Å²) in [6.07, 6.45) is 6.29. The molecule has 160 valence electrons. The molecule has 1 aromatic rings. The molecule has 2 aliphatic rings. The second-order valence-electron chi connectivity index (χ2n) is 8.19. The first-order valence-corrected chi connectivity index (χ1v) is 11.1. The molecule has 3 rings (SSSR count). The molecule has 6 heteroatoms. The number of carbonyl (C=O) groups excluding carboxylic acids is 2. The molecule has 2 unspecified atom stereocenters. The van der Waals surface area contributed by atoms with E-state index in [1.807, 2.05) is 31.2 Å². The number of nitrogens with one attached hydrogen (secondary N) is 1. The van der Waals surface area contributed by atoms with Crippen molar-refractivity contribution in [3.63, 3.8) is 0 Å². The Kier molecular flexibility index (Phi) is 7.92. The Bertz CT molecular complexity index is 694. The average Bonchev–Trinajstić information content (AvgIpc) is 3.11. The number of nitrogens with zero attached hydrogens (tertiary/aromatic N) is 2. The number of amides is 2. The van der Waals surface area contributed by atoms with Crippen LogP contribution in [0, 0.1) is 5.92 Å². The minimum atomic E-state index is -0.292. The number of anilines is 1. The molecule has 2 heterocycles. The van der Waals surface area contributed by atoms with Crippen molar-refractivity contribution in [1.29, 1.82) is 0 Å². The van der Waals surface area contributed by atoms with Gasteiger partial charge in [-0.1, -0.05) is 18.6 Å². The summed E-state index contributed by atoms with van der Waals surface area (Å²) in [7, 11) is 0. The molecule has 0 saturated carbocycles. The lowest BCUT2D eigenvalue weighted by Gasteiger charge is -2.33. The van der Waals surface area contributed by atoms with E-state index in [4.69, 9.17) is 4.74 Å². The third kappa shape index (κ3) is 5.72. The Balaban J connectivity index is 1.42. The van der Waals surface area contributed by atoms with Gasteiger partial charge in [-0.25, -0.2) is 0 Å². The quantitative estimate of drug-likeness (QED) is 0.646. The highest BCUT2D eigenvalue weighted by atomic mass is 16.5. The summed E-state index contributed by atoms with van der Waals surface area (Å²) >= 11 is 0. The number of benzene rings is 1. The predicted octanol–water partition coefficient (Wildman–Crippen LogP) is 3.21. The van der Waals surface area contributed by atoms with Gasteiger partial charge in [0.05, 0.1) is 18.2 Å². The van der Waals surface area contributed by atoms with Crippen molar-refractivity contribution in [2.45, 2.75) is 58.4 Å². The van der Waals surface area contributed by atoms with Gasteiger partial charge in [-0.05, 0) is 64.8 Å². The van der Waals surface area contributed by atoms with Crippen LogP contribution in [0.4, 0.5) is 5.69 Å². The summed E-state index contributed by atoms with van der Waals surface area (Å²) in [5, 5.41) is 3.04. The summed E-state index contributed by atoms with van der Waals surface area (Å²) in [6.45, 7) is 8.19. The summed E-state index contributed by atoms with van der Waals surface area (Å²) in [4.78, 5) is 29.3. The Morgan fingerprint density at radius 3 is 2.86 bits per heavy atom. The largest absolute Gasteiger partial charge is 0.492 e. The third-order valence-electron chi connectivity index (χ3n) is 6.06. The van der Waals surface area contributed by atoms with Crippen molar-refractivity contribution in [3.05, 3.63) is 24.3 Å². The van der Waals surface area contributed by atoms with Crippen molar-refractivity contribution in [2.24, 2.45) is 5.92 Å². The van der Waals surface area contributed by atoms with E-state index in [1.54, 1.807) is 4.90 Å². The van der Waals surface area contributed by atoms with Crippen LogP contribution in [0.3, 0.4) is 0 Å². The number of unbranched alkanes of at least 4 members (excludes halogenated alkanes) is 1. The smallest absolute Gasteiger partial charge is 0.227 e. The van der Waals surface area contributed by atoms with Gasteiger partial charge in [0, 0.05) is 25.6 Å². The fourth-order valence-electron chi connectivity index (χ4n) is 4.36. The molecule has 2 saturated heterocycles. The molecular weight excluding hydrogens is 366 g/mol. The highest BCUT2D eigenvalue weighted by molar-refractivity contribution is 6.01. The maximum Gasteiger partial charge on any atom is 0.227 e. The van der Waals surface area contributed by atoms with Crippen LogP contribution in [-0.2, 0) is 9.59 Å². The number of hydrogen-bond donors (Lipinski definition) is 1. The summed E-state index contributed by atoms with van der Waals surface area (Å²) in [6, 6.07) is 8.22. The first kappa shape index (κ1) is 21.6. The number of para-hydroxylation sites is 2. The van der Waals surface area contributed by atoms with Gasteiger partial charge in [-0.2, -0.15) is 0 Å². The molecule has 2 atom stereocenters. The van der Waals surface area contributed by atoms with Crippen LogP contribution in [0.25, 0.3) is 0 Å².